The number of carbonyl (C=O) groups is 1. The molecular formula is C15H22O4. The summed E-state index contributed by atoms with van der Waals surface area (Å²) in [6, 6.07) is 5.16. The van der Waals surface area contributed by atoms with Crippen LogP contribution in [-0.4, -0.2) is 22.8 Å². The van der Waals surface area contributed by atoms with Gasteiger partial charge < -0.3 is 14.9 Å². The van der Waals surface area contributed by atoms with Gasteiger partial charge in [-0.3, -0.25) is 4.79 Å². The number of rotatable bonds is 7. The third-order valence-corrected chi connectivity index (χ3v) is 3.38. The van der Waals surface area contributed by atoms with Crippen LogP contribution in [0, 0.1) is 0 Å². The summed E-state index contributed by atoms with van der Waals surface area (Å²) < 4.78 is 5.52. The van der Waals surface area contributed by atoms with Crippen molar-refractivity contribution < 1.29 is 19.7 Å². The van der Waals surface area contributed by atoms with Crippen molar-refractivity contribution in [1.82, 2.24) is 0 Å². The van der Waals surface area contributed by atoms with E-state index in [1.165, 1.54) is 0 Å². The maximum Gasteiger partial charge on any atom is 0.303 e. The molecule has 0 spiro atoms. The molecule has 1 rings (SSSR count). The maximum atomic E-state index is 10.4. The molecule has 4 heteroatoms. The number of ether oxygens (including phenoxy) is 1. The van der Waals surface area contributed by atoms with Crippen LogP contribution in [0.1, 0.15) is 45.6 Å². The lowest BCUT2D eigenvalue weighted by atomic mass is 9.81. The molecule has 1 aromatic rings. The largest absolute Gasteiger partial charge is 0.508 e. The van der Waals surface area contributed by atoms with Gasteiger partial charge in [-0.25, -0.2) is 0 Å². The van der Waals surface area contributed by atoms with Crippen LogP contribution in [0.3, 0.4) is 0 Å². The molecule has 4 nitrogen and oxygen atoms in total. The summed E-state index contributed by atoms with van der Waals surface area (Å²) in [5, 5.41) is 18.5. The number of aromatic hydroxyl groups is 1. The first-order valence-corrected chi connectivity index (χ1v) is 6.55. The highest BCUT2D eigenvalue weighted by Gasteiger charge is 2.22. The van der Waals surface area contributed by atoms with Gasteiger partial charge in [-0.05, 0) is 36.5 Å². The Balaban J connectivity index is 2.71. The number of carboxylic acids is 1. The molecule has 0 saturated carbocycles. The number of aliphatic carboxylic acids is 1. The maximum absolute atomic E-state index is 10.4. The van der Waals surface area contributed by atoms with E-state index < -0.39 is 5.97 Å². The summed E-state index contributed by atoms with van der Waals surface area (Å²) in [6.07, 6.45) is 1.48. The minimum absolute atomic E-state index is 0.103. The molecule has 0 atom stereocenters. The summed E-state index contributed by atoms with van der Waals surface area (Å²) in [4.78, 5) is 10.4. The van der Waals surface area contributed by atoms with Crippen LogP contribution >= 0.6 is 0 Å². The number of carboxylic acid groups (broad SMARTS) is 1. The van der Waals surface area contributed by atoms with Gasteiger partial charge in [0.1, 0.15) is 11.5 Å². The van der Waals surface area contributed by atoms with Crippen LogP contribution in [0.2, 0.25) is 0 Å². The van der Waals surface area contributed by atoms with Gasteiger partial charge in [0.05, 0.1) is 6.61 Å². The highest BCUT2D eigenvalue weighted by Crippen LogP contribution is 2.35. The quantitative estimate of drug-likeness (QED) is 0.743. The van der Waals surface area contributed by atoms with Crippen molar-refractivity contribution in [2.24, 2.45) is 0 Å². The highest BCUT2D eigenvalue weighted by atomic mass is 16.5. The monoisotopic (exact) mass is 266 g/mol. The Bertz CT molecular complexity index is 438. The molecule has 1 aromatic carbocycles. The number of benzene rings is 1. The van der Waals surface area contributed by atoms with Crippen molar-refractivity contribution >= 4 is 5.97 Å². The SMILES string of the molecule is CCC(C)(C)c1cc(OCCCC(=O)O)ccc1O. The zero-order valence-electron chi connectivity index (χ0n) is 11.8. The number of phenols is 1. The minimum atomic E-state index is -0.817. The summed E-state index contributed by atoms with van der Waals surface area (Å²) in [5.41, 5.74) is 0.732. The second kappa shape index (κ2) is 6.45. The summed E-state index contributed by atoms with van der Waals surface area (Å²) in [6.45, 7) is 6.56. The van der Waals surface area contributed by atoms with Gasteiger partial charge in [-0.1, -0.05) is 20.8 Å². The predicted octanol–water partition coefficient (Wildman–Crippen LogP) is 3.32. The van der Waals surface area contributed by atoms with E-state index >= 15 is 0 Å². The first-order valence-electron chi connectivity index (χ1n) is 6.55. The molecule has 0 bridgehead atoms. The van der Waals surface area contributed by atoms with Crippen LogP contribution in [0.5, 0.6) is 11.5 Å². The molecule has 19 heavy (non-hydrogen) atoms. The average Bonchev–Trinajstić information content (AvgIpc) is 2.36. The summed E-state index contributed by atoms with van der Waals surface area (Å²) >= 11 is 0. The third kappa shape index (κ3) is 4.47. The molecule has 0 amide bonds. The van der Waals surface area contributed by atoms with Crippen molar-refractivity contribution in [3.63, 3.8) is 0 Å². The first-order chi connectivity index (χ1) is 8.86. The highest BCUT2D eigenvalue weighted by molar-refractivity contribution is 5.66. The van der Waals surface area contributed by atoms with E-state index in [0.717, 1.165) is 12.0 Å². The van der Waals surface area contributed by atoms with Gasteiger partial charge in [0.2, 0.25) is 0 Å². The van der Waals surface area contributed by atoms with E-state index in [0.29, 0.717) is 18.8 Å². The standard InChI is InChI=1S/C15H22O4/c1-4-15(2,3)12-10-11(7-8-13(12)16)19-9-5-6-14(17)18/h7-8,10,16H,4-6,9H2,1-3H3,(H,17,18). The van der Waals surface area contributed by atoms with Crippen molar-refractivity contribution in [2.75, 3.05) is 6.61 Å². The smallest absolute Gasteiger partial charge is 0.303 e. The van der Waals surface area contributed by atoms with E-state index in [1.54, 1.807) is 12.1 Å². The second-order valence-corrected chi connectivity index (χ2v) is 5.26. The fraction of sp³-hybridized carbons (Fsp3) is 0.533. The number of phenolic OH excluding ortho intramolecular Hbond substituents is 1. The predicted molar refractivity (Wildman–Crippen MR) is 73.8 cm³/mol. The van der Waals surface area contributed by atoms with Crippen LogP contribution in [-0.2, 0) is 10.2 Å². The Kier molecular flexibility index (Phi) is 5.21. The van der Waals surface area contributed by atoms with Crippen molar-refractivity contribution in [1.29, 1.82) is 0 Å². The van der Waals surface area contributed by atoms with Crippen LogP contribution in [0.15, 0.2) is 18.2 Å². The fourth-order valence-corrected chi connectivity index (χ4v) is 1.75. The Morgan fingerprint density at radius 3 is 2.63 bits per heavy atom. The van der Waals surface area contributed by atoms with Gasteiger partial charge in [0.15, 0.2) is 0 Å². The van der Waals surface area contributed by atoms with Crippen molar-refractivity contribution in [2.45, 2.75) is 45.4 Å². The average molecular weight is 266 g/mol. The van der Waals surface area contributed by atoms with Gasteiger partial charge in [-0.2, -0.15) is 0 Å². The zero-order chi connectivity index (χ0) is 14.5. The van der Waals surface area contributed by atoms with Gasteiger partial charge >= 0.3 is 5.97 Å². The van der Waals surface area contributed by atoms with Gasteiger partial charge in [0, 0.05) is 12.0 Å². The molecular weight excluding hydrogens is 244 g/mol. The molecule has 0 saturated heterocycles. The van der Waals surface area contributed by atoms with E-state index in [-0.39, 0.29) is 17.6 Å². The van der Waals surface area contributed by atoms with Crippen LogP contribution in [0.4, 0.5) is 0 Å². The molecule has 0 unspecified atom stereocenters. The third-order valence-electron chi connectivity index (χ3n) is 3.38. The van der Waals surface area contributed by atoms with E-state index in [9.17, 15) is 9.90 Å². The molecule has 0 radical (unpaired) electrons. The number of hydrogen-bond donors (Lipinski definition) is 2. The Labute approximate surface area is 114 Å². The topological polar surface area (TPSA) is 66.8 Å². The lowest BCUT2D eigenvalue weighted by Gasteiger charge is -2.24. The summed E-state index contributed by atoms with van der Waals surface area (Å²) in [5.74, 6) is 0.117. The molecule has 106 valence electrons. The van der Waals surface area contributed by atoms with E-state index in [2.05, 4.69) is 20.8 Å². The summed E-state index contributed by atoms with van der Waals surface area (Å²) in [7, 11) is 0. The molecule has 0 heterocycles. The Hall–Kier alpha value is -1.71. The molecule has 0 aliphatic carbocycles. The Morgan fingerprint density at radius 1 is 1.37 bits per heavy atom. The molecule has 2 N–H and O–H groups in total. The van der Waals surface area contributed by atoms with Gasteiger partial charge in [-0.15, -0.1) is 0 Å². The zero-order valence-corrected chi connectivity index (χ0v) is 11.8. The van der Waals surface area contributed by atoms with Gasteiger partial charge in [0.25, 0.3) is 0 Å². The Morgan fingerprint density at radius 2 is 2.05 bits per heavy atom. The molecule has 0 fully saturated rings. The fourth-order valence-electron chi connectivity index (χ4n) is 1.75. The van der Waals surface area contributed by atoms with Crippen LogP contribution in [0.25, 0.3) is 0 Å². The van der Waals surface area contributed by atoms with Crippen molar-refractivity contribution in [3.8, 4) is 11.5 Å². The second-order valence-electron chi connectivity index (χ2n) is 5.26. The molecule has 0 aromatic heterocycles. The molecule has 0 aliphatic rings. The lowest BCUT2D eigenvalue weighted by Crippen LogP contribution is -2.15. The van der Waals surface area contributed by atoms with E-state index in [1.807, 2.05) is 6.07 Å². The normalized spacial score (nSPS) is 11.3. The first kappa shape index (κ1) is 15.3. The van der Waals surface area contributed by atoms with Crippen molar-refractivity contribution in [3.05, 3.63) is 23.8 Å². The molecule has 0 aliphatic heterocycles. The van der Waals surface area contributed by atoms with E-state index in [4.69, 9.17) is 9.84 Å². The number of hydrogen-bond acceptors (Lipinski definition) is 3. The lowest BCUT2D eigenvalue weighted by molar-refractivity contribution is -0.137. The minimum Gasteiger partial charge on any atom is -0.508 e. The van der Waals surface area contributed by atoms with Crippen LogP contribution < -0.4 is 4.74 Å².